The number of aliphatic hydroxyl groups is 3. The summed E-state index contributed by atoms with van der Waals surface area (Å²) in [5.41, 5.74) is 0. The van der Waals surface area contributed by atoms with Crippen LogP contribution in [0.25, 0.3) is 0 Å². The molecule has 19 heavy (non-hydrogen) atoms. The lowest BCUT2D eigenvalue weighted by Crippen LogP contribution is -2.36. The Morgan fingerprint density at radius 3 is 2.11 bits per heavy atom. The zero-order valence-electron chi connectivity index (χ0n) is 11.5. The first-order valence-electron chi connectivity index (χ1n) is 6.54. The Labute approximate surface area is 113 Å². The monoisotopic (exact) mass is 297 g/mol. The molecule has 0 spiro atoms. The predicted molar refractivity (Wildman–Crippen MR) is 69.9 cm³/mol. The molecule has 114 valence electrons. The van der Waals surface area contributed by atoms with Gasteiger partial charge in [-0.3, -0.25) is 4.57 Å². The van der Waals surface area contributed by atoms with Gasteiger partial charge in [0.25, 0.3) is 0 Å². The molecule has 0 saturated carbocycles. The Hall–Kier alpha value is -0.0100. The highest BCUT2D eigenvalue weighted by Gasteiger charge is 2.43. The third-order valence-corrected chi connectivity index (χ3v) is 5.38. The second kappa shape index (κ2) is 7.13. The van der Waals surface area contributed by atoms with E-state index in [2.05, 4.69) is 5.32 Å². The van der Waals surface area contributed by atoms with E-state index in [1.165, 1.54) is 0 Å². The molecule has 8 heteroatoms. The summed E-state index contributed by atoms with van der Waals surface area (Å²) in [5.74, 6) is -1.34. The summed E-state index contributed by atoms with van der Waals surface area (Å²) in [6.07, 6.45) is -1.93. The zero-order valence-corrected chi connectivity index (χ0v) is 12.4. The van der Waals surface area contributed by atoms with E-state index in [9.17, 15) is 19.9 Å². The smallest absolute Gasteiger partial charge is 0.358 e. The van der Waals surface area contributed by atoms with Gasteiger partial charge < -0.3 is 29.7 Å². The number of aliphatic hydroxyl groups excluding tert-OH is 3. The van der Waals surface area contributed by atoms with Crippen molar-refractivity contribution in [2.75, 3.05) is 13.2 Å². The fraction of sp³-hybridized carbons (Fsp3) is 1.00. The van der Waals surface area contributed by atoms with Crippen molar-refractivity contribution in [3.63, 3.8) is 0 Å². The Balaban J connectivity index is 2.67. The average molecular weight is 297 g/mol. The number of rotatable bonds is 7. The van der Waals surface area contributed by atoms with Crippen molar-refractivity contribution in [3.8, 4) is 0 Å². The highest BCUT2D eigenvalue weighted by Crippen LogP contribution is 2.53. The third-order valence-electron chi connectivity index (χ3n) is 3.20. The summed E-state index contributed by atoms with van der Waals surface area (Å²) < 4.78 is 22.4. The van der Waals surface area contributed by atoms with Crippen LogP contribution in [0.5, 0.6) is 0 Å². The molecule has 1 rings (SSSR count). The molecule has 0 aromatic heterocycles. The van der Waals surface area contributed by atoms with Gasteiger partial charge in [-0.05, 0) is 20.8 Å². The molecule has 5 atom stereocenters. The topological polar surface area (TPSA) is 108 Å². The van der Waals surface area contributed by atoms with E-state index in [0.29, 0.717) is 0 Å². The van der Waals surface area contributed by atoms with E-state index in [1.54, 1.807) is 20.8 Å². The van der Waals surface area contributed by atoms with Crippen LogP contribution < -0.4 is 5.32 Å². The van der Waals surface area contributed by atoms with Crippen LogP contribution in [0.4, 0.5) is 0 Å². The predicted octanol–water partition coefficient (Wildman–Crippen LogP) is 0.0431. The quantitative estimate of drug-likeness (QED) is 0.491. The summed E-state index contributed by atoms with van der Waals surface area (Å²) in [6, 6.07) is -0.833. The summed E-state index contributed by atoms with van der Waals surface area (Å²) in [4.78, 5) is 0. The first kappa shape index (κ1) is 17.0. The minimum absolute atomic E-state index is 0.0140. The molecule has 0 radical (unpaired) electrons. The molecule has 4 N–H and O–H groups in total. The van der Waals surface area contributed by atoms with Gasteiger partial charge in [-0.15, -0.1) is 0 Å². The molecule has 0 unspecified atom stereocenters. The molecule has 1 fully saturated rings. The Morgan fingerprint density at radius 1 is 1.21 bits per heavy atom. The maximum atomic E-state index is 12.3. The van der Waals surface area contributed by atoms with E-state index in [0.717, 1.165) is 0 Å². The van der Waals surface area contributed by atoms with Crippen LogP contribution in [0, 0.1) is 0 Å². The Kier molecular flexibility index (Phi) is 6.39. The van der Waals surface area contributed by atoms with Crippen molar-refractivity contribution in [2.45, 2.75) is 57.3 Å². The van der Waals surface area contributed by atoms with Crippen molar-refractivity contribution >= 4 is 7.60 Å². The maximum absolute atomic E-state index is 12.3. The second-order valence-corrected chi connectivity index (χ2v) is 6.83. The van der Waals surface area contributed by atoms with Crippen LogP contribution in [0.3, 0.4) is 0 Å². The summed E-state index contributed by atoms with van der Waals surface area (Å²) in [5, 5.41) is 32.4. The second-order valence-electron chi connectivity index (χ2n) is 4.63. The van der Waals surface area contributed by atoms with Crippen LogP contribution >= 0.6 is 7.60 Å². The molecule has 0 aromatic carbocycles. The van der Waals surface area contributed by atoms with Gasteiger partial charge in [0.15, 0.2) is 5.85 Å². The molecule has 0 aromatic rings. The van der Waals surface area contributed by atoms with E-state index in [-0.39, 0.29) is 25.7 Å². The van der Waals surface area contributed by atoms with Crippen molar-refractivity contribution in [1.82, 2.24) is 5.32 Å². The van der Waals surface area contributed by atoms with Crippen LogP contribution in [-0.2, 0) is 13.6 Å². The molecule has 0 bridgehead atoms. The van der Waals surface area contributed by atoms with Gasteiger partial charge in [0, 0.05) is 18.5 Å². The molecule has 1 aliphatic heterocycles. The molecule has 1 aliphatic rings. The SMILES string of the molecule is CCOP(=O)(OCC)[C@H](O)C[C@@H]1N[C@@H](C)[C@@H](O)[C@H]1O. The summed E-state index contributed by atoms with van der Waals surface area (Å²) in [6.45, 7) is 5.37. The number of hydrogen-bond acceptors (Lipinski definition) is 7. The lowest BCUT2D eigenvalue weighted by molar-refractivity contribution is 0.0236. The first-order valence-corrected chi connectivity index (χ1v) is 8.16. The number of nitrogens with one attached hydrogen (secondary N) is 1. The van der Waals surface area contributed by atoms with Crippen molar-refractivity contribution < 1.29 is 28.9 Å². The van der Waals surface area contributed by atoms with E-state index >= 15 is 0 Å². The minimum atomic E-state index is -3.61. The van der Waals surface area contributed by atoms with Gasteiger partial charge in [-0.1, -0.05) is 0 Å². The van der Waals surface area contributed by atoms with Crippen molar-refractivity contribution in [1.29, 1.82) is 0 Å². The highest BCUT2D eigenvalue weighted by atomic mass is 31.2. The number of hydrogen-bond donors (Lipinski definition) is 4. The lowest BCUT2D eigenvalue weighted by Gasteiger charge is -2.25. The molecular weight excluding hydrogens is 273 g/mol. The summed E-state index contributed by atoms with van der Waals surface area (Å²) >= 11 is 0. The van der Waals surface area contributed by atoms with Crippen LogP contribution in [0.1, 0.15) is 27.2 Å². The standard InChI is InChI=1S/C11H24NO6P/c1-4-17-19(16,18-5-2)9(13)6-8-11(15)10(14)7(3)12-8/h7-15H,4-6H2,1-3H3/t7-,8-,9-,10+,11-/m0/s1. The largest absolute Gasteiger partial charge is 0.389 e. The lowest BCUT2D eigenvalue weighted by atomic mass is 10.1. The minimum Gasteiger partial charge on any atom is -0.389 e. The van der Waals surface area contributed by atoms with Crippen molar-refractivity contribution in [2.24, 2.45) is 0 Å². The van der Waals surface area contributed by atoms with Crippen LogP contribution in [0.15, 0.2) is 0 Å². The molecule has 0 aliphatic carbocycles. The molecular formula is C11H24NO6P. The fourth-order valence-electron chi connectivity index (χ4n) is 2.20. The third kappa shape index (κ3) is 3.98. The molecule has 0 amide bonds. The van der Waals surface area contributed by atoms with Gasteiger partial charge in [0.1, 0.15) is 0 Å². The van der Waals surface area contributed by atoms with Crippen LogP contribution in [-0.4, -0.2) is 58.7 Å². The summed E-state index contributed by atoms with van der Waals surface area (Å²) in [7, 11) is -3.61. The van der Waals surface area contributed by atoms with Crippen molar-refractivity contribution in [3.05, 3.63) is 0 Å². The normalized spacial score (nSPS) is 33.6. The highest BCUT2D eigenvalue weighted by molar-refractivity contribution is 7.54. The zero-order chi connectivity index (χ0) is 14.6. The molecule has 1 saturated heterocycles. The van der Waals surface area contributed by atoms with Crippen LogP contribution in [0.2, 0.25) is 0 Å². The molecule has 1 heterocycles. The van der Waals surface area contributed by atoms with E-state index in [1.807, 2.05) is 0 Å². The maximum Gasteiger partial charge on any atom is 0.358 e. The van der Waals surface area contributed by atoms with E-state index < -0.39 is 31.7 Å². The molecule has 7 nitrogen and oxygen atoms in total. The van der Waals surface area contributed by atoms with Gasteiger partial charge in [-0.25, -0.2) is 0 Å². The van der Waals surface area contributed by atoms with Gasteiger partial charge in [-0.2, -0.15) is 0 Å². The Morgan fingerprint density at radius 2 is 1.74 bits per heavy atom. The van der Waals surface area contributed by atoms with Gasteiger partial charge >= 0.3 is 7.60 Å². The van der Waals surface area contributed by atoms with Gasteiger partial charge in [0.2, 0.25) is 0 Å². The van der Waals surface area contributed by atoms with Gasteiger partial charge in [0.05, 0.1) is 25.4 Å². The average Bonchev–Trinajstić information content (AvgIpc) is 2.57. The van der Waals surface area contributed by atoms with E-state index in [4.69, 9.17) is 9.05 Å². The first-order chi connectivity index (χ1) is 8.85. The fourth-order valence-corrected chi connectivity index (χ4v) is 3.83. The Bertz CT molecular complexity index is 318.